The Morgan fingerprint density at radius 1 is 1.38 bits per heavy atom. The van der Waals surface area contributed by atoms with Crippen molar-refractivity contribution in [3.05, 3.63) is 63.3 Å². The molecule has 0 saturated carbocycles. The molecule has 0 radical (unpaired) electrons. The van der Waals surface area contributed by atoms with Gasteiger partial charge in [0.05, 0.1) is 12.9 Å². The molecule has 0 atom stereocenters. The smallest absolute Gasteiger partial charge is 0.253 e. The Hall–Kier alpha value is -1.61. The van der Waals surface area contributed by atoms with Crippen molar-refractivity contribution in [1.82, 2.24) is 9.55 Å². The number of benzene rings is 1. The summed E-state index contributed by atoms with van der Waals surface area (Å²) in [5.41, 5.74) is 1.57. The number of hydrogen-bond acceptors (Lipinski definition) is 2. The van der Waals surface area contributed by atoms with Crippen molar-refractivity contribution in [3.63, 3.8) is 0 Å². The van der Waals surface area contributed by atoms with Crippen LogP contribution in [0.2, 0.25) is 5.02 Å². The maximum atomic E-state index is 11.6. The molecule has 0 saturated heterocycles. The summed E-state index contributed by atoms with van der Waals surface area (Å²) in [6.07, 6.45) is 1.54. The fraction of sp³-hybridized carbons (Fsp3) is 0.167. The third-order valence-electron chi connectivity index (χ3n) is 2.31. The van der Waals surface area contributed by atoms with Crippen LogP contribution >= 0.6 is 11.6 Å². The zero-order valence-corrected chi connectivity index (χ0v) is 9.61. The van der Waals surface area contributed by atoms with E-state index in [0.29, 0.717) is 11.6 Å². The first-order chi connectivity index (χ1) is 7.66. The first-order valence-electron chi connectivity index (χ1n) is 4.93. The van der Waals surface area contributed by atoms with E-state index in [0.717, 1.165) is 11.3 Å². The van der Waals surface area contributed by atoms with Gasteiger partial charge in [-0.05, 0) is 18.6 Å². The quantitative estimate of drug-likeness (QED) is 0.799. The van der Waals surface area contributed by atoms with E-state index < -0.39 is 0 Å². The van der Waals surface area contributed by atoms with Gasteiger partial charge in [0.15, 0.2) is 0 Å². The lowest BCUT2D eigenvalue weighted by Gasteiger charge is -2.06. The summed E-state index contributed by atoms with van der Waals surface area (Å²) in [6.45, 7) is 2.24. The van der Waals surface area contributed by atoms with E-state index >= 15 is 0 Å². The number of aryl methyl sites for hydroxylation is 1. The molecule has 0 bridgehead atoms. The summed E-state index contributed by atoms with van der Waals surface area (Å²) < 4.78 is 1.54. The van der Waals surface area contributed by atoms with Crippen molar-refractivity contribution >= 4 is 11.6 Å². The SMILES string of the molecule is Cc1cc(=O)n(Cc2ccccc2Cl)cn1. The molecule has 0 spiro atoms. The Balaban J connectivity index is 2.35. The fourth-order valence-electron chi connectivity index (χ4n) is 1.45. The molecule has 82 valence electrons. The standard InChI is InChI=1S/C12H11ClN2O/c1-9-6-12(16)15(8-14-9)7-10-4-2-3-5-11(10)13/h2-6,8H,7H2,1H3. The Kier molecular flexibility index (Phi) is 3.06. The number of nitrogens with zero attached hydrogens (tertiary/aromatic N) is 2. The Morgan fingerprint density at radius 3 is 2.81 bits per heavy atom. The molecule has 2 rings (SSSR count). The maximum absolute atomic E-state index is 11.6. The Bertz CT molecular complexity index is 563. The van der Waals surface area contributed by atoms with Crippen LogP contribution in [-0.2, 0) is 6.54 Å². The van der Waals surface area contributed by atoms with Gasteiger partial charge in [-0.2, -0.15) is 0 Å². The van der Waals surface area contributed by atoms with E-state index in [1.54, 1.807) is 13.3 Å². The topological polar surface area (TPSA) is 34.9 Å². The molecule has 0 aliphatic carbocycles. The highest BCUT2D eigenvalue weighted by atomic mass is 35.5. The lowest BCUT2D eigenvalue weighted by atomic mass is 10.2. The van der Waals surface area contributed by atoms with Gasteiger partial charge in [-0.25, -0.2) is 4.98 Å². The predicted molar refractivity (Wildman–Crippen MR) is 63.8 cm³/mol. The lowest BCUT2D eigenvalue weighted by molar-refractivity contribution is 0.730. The first-order valence-corrected chi connectivity index (χ1v) is 5.31. The molecule has 0 aliphatic rings. The van der Waals surface area contributed by atoms with Gasteiger partial charge in [-0.15, -0.1) is 0 Å². The van der Waals surface area contributed by atoms with Gasteiger partial charge in [-0.1, -0.05) is 29.8 Å². The summed E-state index contributed by atoms with van der Waals surface area (Å²) in [5, 5.41) is 0.662. The molecule has 4 heteroatoms. The molecule has 0 fully saturated rings. The largest absolute Gasteiger partial charge is 0.295 e. The highest BCUT2D eigenvalue weighted by Crippen LogP contribution is 2.15. The average Bonchev–Trinajstić information content (AvgIpc) is 2.25. The van der Waals surface area contributed by atoms with E-state index in [2.05, 4.69) is 4.98 Å². The molecule has 0 aliphatic heterocycles. The minimum atomic E-state index is -0.0626. The van der Waals surface area contributed by atoms with Crippen LogP contribution in [0.25, 0.3) is 0 Å². The number of hydrogen-bond donors (Lipinski definition) is 0. The van der Waals surface area contributed by atoms with Crippen LogP contribution in [0.5, 0.6) is 0 Å². The Labute approximate surface area is 98.3 Å². The summed E-state index contributed by atoms with van der Waals surface area (Å²) in [7, 11) is 0. The number of aromatic nitrogens is 2. The molecule has 0 unspecified atom stereocenters. The van der Waals surface area contributed by atoms with E-state index in [-0.39, 0.29) is 5.56 Å². The molecule has 0 amide bonds. The number of rotatable bonds is 2. The lowest BCUT2D eigenvalue weighted by Crippen LogP contribution is -2.20. The average molecular weight is 235 g/mol. The maximum Gasteiger partial charge on any atom is 0.253 e. The highest BCUT2D eigenvalue weighted by Gasteiger charge is 2.02. The van der Waals surface area contributed by atoms with Crippen LogP contribution in [0.4, 0.5) is 0 Å². The second-order valence-electron chi connectivity index (χ2n) is 3.59. The van der Waals surface area contributed by atoms with Crippen LogP contribution in [0, 0.1) is 6.92 Å². The fourth-order valence-corrected chi connectivity index (χ4v) is 1.64. The minimum Gasteiger partial charge on any atom is -0.295 e. The molecule has 2 aromatic rings. The van der Waals surface area contributed by atoms with Crippen molar-refractivity contribution in [2.24, 2.45) is 0 Å². The van der Waals surface area contributed by atoms with Crippen LogP contribution < -0.4 is 5.56 Å². The molecule has 1 aromatic heterocycles. The van der Waals surface area contributed by atoms with Gasteiger partial charge in [-0.3, -0.25) is 9.36 Å². The third kappa shape index (κ3) is 2.31. The molecule has 1 heterocycles. The zero-order valence-electron chi connectivity index (χ0n) is 8.85. The highest BCUT2D eigenvalue weighted by molar-refractivity contribution is 6.31. The summed E-state index contributed by atoms with van der Waals surface area (Å²) in [4.78, 5) is 15.7. The monoisotopic (exact) mass is 234 g/mol. The normalized spacial score (nSPS) is 10.4. The van der Waals surface area contributed by atoms with Crippen LogP contribution in [0.3, 0.4) is 0 Å². The van der Waals surface area contributed by atoms with Crippen LogP contribution in [-0.4, -0.2) is 9.55 Å². The van der Waals surface area contributed by atoms with Gasteiger partial charge < -0.3 is 0 Å². The summed E-state index contributed by atoms with van der Waals surface area (Å²) >= 11 is 6.02. The molecular weight excluding hydrogens is 224 g/mol. The second kappa shape index (κ2) is 4.49. The van der Waals surface area contributed by atoms with Crippen molar-refractivity contribution in [1.29, 1.82) is 0 Å². The van der Waals surface area contributed by atoms with Crippen molar-refractivity contribution in [2.75, 3.05) is 0 Å². The van der Waals surface area contributed by atoms with Crippen LogP contribution in [0.15, 0.2) is 41.5 Å². The van der Waals surface area contributed by atoms with Crippen molar-refractivity contribution < 1.29 is 0 Å². The molecule has 16 heavy (non-hydrogen) atoms. The van der Waals surface area contributed by atoms with Gasteiger partial charge in [0.1, 0.15) is 0 Å². The minimum absolute atomic E-state index is 0.0626. The van der Waals surface area contributed by atoms with E-state index in [4.69, 9.17) is 11.6 Å². The molecule has 3 nitrogen and oxygen atoms in total. The second-order valence-corrected chi connectivity index (χ2v) is 4.00. The van der Waals surface area contributed by atoms with Gasteiger partial charge >= 0.3 is 0 Å². The Morgan fingerprint density at radius 2 is 2.12 bits per heavy atom. The van der Waals surface area contributed by atoms with Gasteiger partial charge in [0.2, 0.25) is 0 Å². The molecule has 1 aromatic carbocycles. The summed E-state index contributed by atoms with van der Waals surface area (Å²) in [6, 6.07) is 8.98. The molecular formula is C12H11ClN2O. The van der Waals surface area contributed by atoms with Crippen molar-refractivity contribution in [3.8, 4) is 0 Å². The summed E-state index contributed by atoms with van der Waals surface area (Å²) in [5.74, 6) is 0. The van der Waals surface area contributed by atoms with E-state index in [1.165, 1.54) is 10.6 Å². The third-order valence-corrected chi connectivity index (χ3v) is 2.68. The van der Waals surface area contributed by atoms with E-state index in [1.807, 2.05) is 24.3 Å². The number of halogens is 1. The zero-order chi connectivity index (χ0) is 11.5. The predicted octanol–water partition coefficient (Wildman–Crippen LogP) is 2.25. The van der Waals surface area contributed by atoms with Crippen LogP contribution in [0.1, 0.15) is 11.3 Å². The van der Waals surface area contributed by atoms with Gasteiger partial charge in [0, 0.05) is 16.8 Å². The van der Waals surface area contributed by atoms with E-state index in [9.17, 15) is 4.79 Å². The first kappa shape index (κ1) is 10.9. The van der Waals surface area contributed by atoms with Gasteiger partial charge in [0.25, 0.3) is 5.56 Å². The molecule has 0 N–H and O–H groups in total. The van der Waals surface area contributed by atoms with Crippen molar-refractivity contribution in [2.45, 2.75) is 13.5 Å².